The van der Waals surface area contributed by atoms with Gasteiger partial charge in [-0.05, 0) is 61.6 Å². The van der Waals surface area contributed by atoms with Crippen molar-refractivity contribution < 1.29 is 26.7 Å². The highest BCUT2D eigenvalue weighted by Crippen LogP contribution is 2.35. The minimum absolute atomic E-state index is 0.0546. The number of sulfonamides is 2. The highest BCUT2D eigenvalue weighted by molar-refractivity contribution is 7.93. The maximum Gasteiger partial charge on any atom is 0.263 e. The van der Waals surface area contributed by atoms with E-state index in [0.717, 1.165) is 30.5 Å². The van der Waals surface area contributed by atoms with Crippen LogP contribution >= 0.6 is 11.6 Å². The zero-order chi connectivity index (χ0) is 22.4. The van der Waals surface area contributed by atoms with Crippen molar-refractivity contribution in [3.63, 3.8) is 0 Å². The number of aryl methyl sites for hydroxylation is 1. The molecule has 0 saturated heterocycles. The molecule has 1 fully saturated rings. The van der Waals surface area contributed by atoms with Crippen LogP contribution in [0.3, 0.4) is 0 Å². The number of anilines is 2. The van der Waals surface area contributed by atoms with Gasteiger partial charge in [-0.3, -0.25) is 9.52 Å². The first kappa shape index (κ1) is 21.9. The average molecular weight is 486 g/mol. The lowest BCUT2D eigenvalue weighted by Crippen LogP contribution is -2.25. The van der Waals surface area contributed by atoms with E-state index in [2.05, 4.69) is 14.8 Å². The van der Waals surface area contributed by atoms with Gasteiger partial charge in [0.25, 0.3) is 10.0 Å². The summed E-state index contributed by atoms with van der Waals surface area (Å²) >= 11 is 6.21. The van der Waals surface area contributed by atoms with E-state index in [-0.39, 0.29) is 32.5 Å². The van der Waals surface area contributed by atoms with Gasteiger partial charge < -0.3 is 10.4 Å². The quantitative estimate of drug-likeness (QED) is 0.463. The highest BCUT2D eigenvalue weighted by Gasteiger charge is 2.29. The van der Waals surface area contributed by atoms with Crippen LogP contribution in [0.1, 0.15) is 31.2 Å². The lowest BCUT2D eigenvalue weighted by molar-refractivity contribution is -0.116. The Morgan fingerprint density at radius 3 is 2.48 bits per heavy atom. The Morgan fingerprint density at radius 2 is 1.77 bits per heavy atom. The lowest BCUT2D eigenvalue weighted by atomic mass is 10.1. The molecule has 0 atom stereocenters. The molecule has 0 unspecified atom stereocenters. The number of nitrogens with one attached hydrogen (secondary N) is 3. The summed E-state index contributed by atoms with van der Waals surface area (Å²) in [5, 5.41) is 12.7. The molecular weight excluding hydrogens is 466 g/mol. The van der Waals surface area contributed by atoms with Crippen molar-refractivity contribution >= 4 is 48.9 Å². The van der Waals surface area contributed by atoms with Crippen molar-refractivity contribution in [1.29, 1.82) is 0 Å². The van der Waals surface area contributed by atoms with Gasteiger partial charge in [-0.15, -0.1) is 0 Å². The fourth-order valence-electron chi connectivity index (χ4n) is 3.23. The molecule has 0 aromatic heterocycles. The van der Waals surface area contributed by atoms with Crippen molar-refractivity contribution in [1.82, 2.24) is 4.72 Å². The van der Waals surface area contributed by atoms with Crippen LogP contribution in [0, 0.1) is 0 Å². The number of hydrogen-bond acceptors (Lipinski definition) is 6. The number of carbonyl (C=O) groups excluding carboxylic acids is 1. The molecular formula is C19H20ClN3O6S2. The first-order valence-electron chi connectivity index (χ1n) is 9.55. The number of aromatic hydroxyl groups is 1. The Balaban J connectivity index is 1.68. The van der Waals surface area contributed by atoms with Crippen molar-refractivity contribution in [2.24, 2.45) is 0 Å². The molecule has 12 heteroatoms. The van der Waals surface area contributed by atoms with E-state index in [0.29, 0.717) is 24.9 Å². The Kier molecular flexibility index (Phi) is 5.63. The summed E-state index contributed by atoms with van der Waals surface area (Å²) in [5.74, 6) is -0.677. The van der Waals surface area contributed by atoms with Crippen molar-refractivity contribution in [3.05, 3.63) is 40.9 Å². The summed E-state index contributed by atoms with van der Waals surface area (Å²) in [6.45, 7) is 0. The SMILES string of the molecule is O=C1CCCc2cc(Cl)c(S(=O)(=O)Nc3cc(S(=O)(=O)NC4CC4)ccc3O)cc2N1. The maximum absolute atomic E-state index is 13.0. The monoisotopic (exact) mass is 485 g/mol. The summed E-state index contributed by atoms with van der Waals surface area (Å²) in [5.41, 5.74) is 0.757. The van der Waals surface area contributed by atoms with Gasteiger partial charge in [0.1, 0.15) is 10.6 Å². The third-order valence-electron chi connectivity index (χ3n) is 4.99. The zero-order valence-electron chi connectivity index (χ0n) is 16.2. The molecule has 9 nitrogen and oxygen atoms in total. The summed E-state index contributed by atoms with van der Waals surface area (Å²) < 4.78 is 55.5. The van der Waals surface area contributed by atoms with Gasteiger partial charge in [0.2, 0.25) is 15.9 Å². The fourth-order valence-corrected chi connectivity index (χ4v) is 6.20. The van der Waals surface area contributed by atoms with Crippen LogP contribution in [0.5, 0.6) is 5.75 Å². The number of hydrogen-bond donors (Lipinski definition) is 4. The van der Waals surface area contributed by atoms with Crippen LogP contribution in [-0.4, -0.2) is 33.9 Å². The van der Waals surface area contributed by atoms with Crippen LogP contribution in [0.4, 0.5) is 11.4 Å². The third-order valence-corrected chi connectivity index (χ3v) is 8.34. The number of phenols is 1. The minimum atomic E-state index is -4.31. The minimum Gasteiger partial charge on any atom is -0.506 e. The topological polar surface area (TPSA) is 142 Å². The van der Waals surface area contributed by atoms with Crippen molar-refractivity contribution in [2.45, 2.75) is 47.9 Å². The highest BCUT2D eigenvalue weighted by atomic mass is 35.5. The second kappa shape index (κ2) is 7.97. The predicted molar refractivity (Wildman–Crippen MR) is 115 cm³/mol. The number of rotatable bonds is 6. The molecule has 2 aromatic carbocycles. The second-order valence-corrected chi connectivity index (χ2v) is 11.3. The number of phenolic OH excluding ortho intramolecular Hbond substituents is 1. The maximum atomic E-state index is 13.0. The van der Waals surface area contributed by atoms with Crippen LogP contribution in [0.2, 0.25) is 5.02 Å². The van der Waals surface area contributed by atoms with Gasteiger partial charge in [0.15, 0.2) is 0 Å². The van der Waals surface area contributed by atoms with Gasteiger partial charge in [-0.1, -0.05) is 11.6 Å². The summed E-state index contributed by atoms with van der Waals surface area (Å²) in [4.78, 5) is 11.3. The number of benzene rings is 2. The number of carbonyl (C=O) groups is 1. The number of amides is 1. The van der Waals surface area contributed by atoms with Gasteiger partial charge in [-0.2, -0.15) is 0 Å². The molecule has 0 spiro atoms. The molecule has 1 amide bonds. The molecule has 2 aromatic rings. The summed E-state index contributed by atoms with van der Waals surface area (Å²) in [6.07, 6.45) is 2.98. The molecule has 1 aliphatic carbocycles. The third kappa shape index (κ3) is 4.79. The van der Waals surface area contributed by atoms with Gasteiger partial charge in [-0.25, -0.2) is 21.6 Å². The average Bonchev–Trinajstić information content (AvgIpc) is 3.49. The Bertz CT molecular complexity index is 1270. The van der Waals surface area contributed by atoms with Crippen molar-refractivity contribution in [2.75, 3.05) is 10.0 Å². The zero-order valence-corrected chi connectivity index (χ0v) is 18.6. The molecule has 1 saturated carbocycles. The summed E-state index contributed by atoms with van der Waals surface area (Å²) in [7, 11) is -8.17. The standard InChI is InChI=1S/C19H20ClN3O6S2/c20-14-8-11-2-1-3-19(25)21-15(11)10-18(14)31(28,29)23-16-9-13(6-7-17(16)24)30(26,27)22-12-4-5-12/h6-10,12,22-24H,1-5H2,(H,21,25). The van der Waals surface area contributed by atoms with E-state index in [1.165, 1.54) is 18.2 Å². The normalized spacial score (nSPS) is 16.9. The smallest absolute Gasteiger partial charge is 0.263 e. The van der Waals surface area contributed by atoms with E-state index >= 15 is 0 Å². The van der Waals surface area contributed by atoms with Crippen LogP contribution in [-0.2, 0) is 31.3 Å². The molecule has 0 radical (unpaired) electrons. The van der Waals surface area contributed by atoms with Gasteiger partial charge in [0.05, 0.1) is 15.6 Å². The van der Waals surface area contributed by atoms with E-state index in [9.17, 15) is 26.7 Å². The Labute approximate surface area is 184 Å². The molecule has 1 heterocycles. The van der Waals surface area contributed by atoms with E-state index < -0.39 is 25.8 Å². The molecule has 4 rings (SSSR count). The largest absolute Gasteiger partial charge is 0.506 e. The number of fused-ring (bicyclic) bond motifs is 1. The van der Waals surface area contributed by atoms with Gasteiger partial charge in [0, 0.05) is 18.2 Å². The Hall–Kier alpha value is -2.34. The first-order chi connectivity index (χ1) is 14.5. The van der Waals surface area contributed by atoms with E-state index in [4.69, 9.17) is 11.6 Å². The molecule has 0 bridgehead atoms. The van der Waals surface area contributed by atoms with Crippen LogP contribution < -0.4 is 14.8 Å². The molecule has 2 aliphatic rings. The Morgan fingerprint density at radius 1 is 1.03 bits per heavy atom. The second-order valence-electron chi connectivity index (χ2n) is 7.52. The number of halogens is 1. The fraction of sp³-hybridized carbons (Fsp3) is 0.316. The van der Waals surface area contributed by atoms with Crippen LogP contribution in [0.25, 0.3) is 0 Å². The lowest BCUT2D eigenvalue weighted by Gasteiger charge is -2.15. The van der Waals surface area contributed by atoms with Crippen LogP contribution in [0.15, 0.2) is 40.1 Å². The van der Waals surface area contributed by atoms with E-state index in [1.54, 1.807) is 0 Å². The molecule has 31 heavy (non-hydrogen) atoms. The van der Waals surface area contributed by atoms with Crippen molar-refractivity contribution in [3.8, 4) is 5.75 Å². The van der Waals surface area contributed by atoms with Gasteiger partial charge >= 0.3 is 0 Å². The molecule has 4 N–H and O–H groups in total. The molecule has 166 valence electrons. The molecule has 1 aliphatic heterocycles. The van der Waals surface area contributed by atoms with E-state index in [1.807, 2.05) is 0 Å². The summed E-state index contributed by atoms with van der Waals surface area (Å²) in [6, 6.07) is 5.93. The first-order valence-corrected chi connectivity index (χ1v) is 12.9. The predicted octanol–water partition coefficient (Wildman–Crippen LogP) is 2.56.